The van der Waals surface area contributed by atoms with Crippen molar-refractivity contribution >= 4 is 5.91 Å². The predicted molar refractivity (Wildman–Crippen MR) is 78.7 cm³/mol. The number of amides is 1. The zero-order chi connectivity index (χ0) is 14.5. The van der Waals surface area contributed by atoms with Gasteiger partial charge >= 0.3 is 0 Å². The lowest BCUT2D eigenvalue weighted by molar-refractivity contribution is 0.0688. The molecule has 0 spiro atoms. The number of nitrogens with zero attached hydrogens (tertiary/aromatic N) is 3. The lowest BCUT2D eigenvalue weighted by Crippen LogP contribution is -2.41. The number of hydrogen-bond acceptors (Lipinski definition) is 4. The van der Waals surface area contributed by atoms with Gasteiger partial charge in [-0.1, -0.05) is 6.92 Å². The molecule has 0 aliphatic carbocycles. The van der Waals surface area contributed by atoms with Crippen LogP contribution in [0.25, 0.3) is 0 Å². The minimum atomic E-state index is 0.0994. The highest BCUT2D eigenvalue weighted by molar-refractivity contribution is 5.95. The van der Waals surface area contributed by atoms with Crippen LogP contribution in [0.1, 0.15) is 41.5 Å². The molecule has 0 radical (unpaired) electrons. The molecule has 110 valence electrons. The van der Waals surface area contributed by atoms with Gasteiger partial charge in [0.15, 0.2) is 0 Å². The molecule has 1 aromatic rings. The molecule has 20 heavy (non-hydrogen) atoms. The summed E-state index contributed by atoms with van der Waals surface area (Å²) in [5.74, 6) is 0.791. The van der Waals surface area contributed by atoms with Gasteiger partial charge in [0.05, 0.1) is 17.0 Å². The Balaban J connectivity index is 1.96. The Morgan fingerprint density at radius 3 is 2.70 bits per heavy atom. The molecule has 0 bridgehead atoms. The zero-order valence-corrected chi connectivity index (χ0v) is 12.6. The number of aromatic nitrogens is 2. The second kappa shape index (κ2) is 6.79. The van der Waals surface area contributed by atoms with Crippen molar-refractivity contribution in [1.29, 1.82) is 0 Å². The Hall–Kier alpha value is -1.49. The Morgan fingerprint density at radius 1 is 1.35 bits per heavy atom. The topological polar surface area (TPSA) is 58.1 Å². The zero-order valence-electron chi connectivity index (χ0n) is 12.6. The standard InChI is InChI=1S/C15H24N4O/c1-4-16-10-13-5-7-19(8-6-13)15(20)14-9-11(2)17-18-12(14)3/h9,13,16H,4-8,10H2,1-3H3. The fraction of sp³-hybridized carbons (Fsp3) is 0.667. The quantitative estimate of drug-likeness (QED) is 0.906. The molecule has 1 aliphatic heterocycles. The summed E-state index contributed by atoms with van der Waals surface area (Å²) in [7, 11) is 0. The van der Waals surface area contributed by atoms with Crippen LogP contribution in [-0.4, -0.2) is 47.2 Å². The first kappa shape index (κ1) is 14.9. The van der Waals surface area contributed by atoms with E-state index in [0.717, 1.165) is 50.4 Å². The molecule has 1 aromatic heterocycles. The third kappa shape index (κ3) is 3.54. The van der Waals surface area contributed by atoms with Crippen molar-refractivity contribution in [3.05, 3.63) is 23.0 Å². The van der Waals surface area contributed by atoms with Crippen molar-refractivity contribution in [1.82, 2.24) is 20.4 Å². The maximum absolute atomic E-state index is 12.5. The third-order valence-corrected chi connectivity index (χ3v) is 3.92. The van der Waals surface area contributed by atoms with Crippen molar-refractivity contribution in [2.45, 2.75) is 33.6 Å². The van der Waals surface area contributed by atoms with Crippen LogP contribution in [0.4, 0.5) is 0 Å². The summed E-state index contributed by atoms with van der Waals surface area (Å²) in [6.45, 7) is 9.60. The highest BCUT2D eigenvalue weighted by Gasteiger charge is 2.24. The summed E-state index contributed by atoms with van der Waals surface area (Å²) in [5.41, 5.74) is 2.21. The predicted octanol–water partition coefficient (Wildman–Crippen LogP) is 1.56. The molecule has 1 aliphatic rings. The van der Waals surface area contributed by atoms with Gasteiger partial charge in [-0.2, -0.15) is 10.2 Å². The number of hydrogen-bond donors (Lipinski definition) is 1. The van der Waals surface area contributed by atoms with E-state index >= 15 is 0 Å². The number of carbonyl (C=O) groups excluding carboxylic acids is 1. The number of aryl methyl sites for hydroxylation is 2. The van der Waals surface area contributed by atoms with Gasteiger partial charge < -0.3 is 10.2 Å². The van der Waals surface area contributed by atoms with Crippen molar-refractivity contribution in [3.8, 4) is 0 Å². The molecule has 1 amide bonds. The Morgan fingerprint density at radius 2 is 2.05 bits per heavy atom. The number of likely N-dealkylation sites (tertiary alicyclic amines) is 1. The van der Waals surface area contributed by atoms with Crippen molar-refractivity contribution in [3.63, 3.8) is 0 Å². The van der Waals surface area contributed by atoms with Crippen LogP contribution in [0.2, 0.25) is 0 Å². The molecule has 5 heteroatoms. The van der Waals surface area contributed by atoms with Crippen LogP contribution in [0, 0.1) is 19.8 Å². The first-order valence-corrected chi connectivity index (χ1v) is 7.42. The van der Waals surface area contributed by atoms with E-state index in [9.17, 15) is 4.79 Å². The van der Waals surface area contributed by atoms with Gasteiger partial charge in [0.25, 0.3) is 5.91 Å². The van der Waals surface area contributed by atoms with E-state index < -0.39 is 0 Å². The lowest BCUT2D eigenvalue weighted by atomic mass is 9.96. The fourth-order valence-electron chi connectivity index (χ4n) is 2.63. The average Bonchev–Trinajstić information content (AvgIpc) is 2.47. The maximum atomic E-state index is 12.5. The monoisotopic (exact) mass is 276 g/mol. The molecule has 0 saturated carbocycles. The molecule has 1 saturated heterocycles. The molecular formula is C15H24N4O. The van der Waals surface area contributed by atoms with E-state index in [4.69, 9.17) is 0 Å². The lowest BCUT2D eigenvalue weighted by Gasteiger charge is -2.32. The highest BCUT2D eigenvalue weighted by Crippen LogP contribution is 2.19. The second-order valence-electron chi connectivity index (χ2n) is 5.53. The summed E-state index contributed by atoms with van der Waals surface area (Å²) in [6.07, 6.45) is 2.16. The largest absolute Gasteiger partial charge is 0.339 e. The summed E-state index contributed by atoms with van der Waals surface area (Å²) in [5, 5.41) is 11.4. The van der Waals surface area contributed by atoms with Crippen molar-refractivity contribution in [2.24, 2.45) is 5.92 Å². The average molecular weight is 276 g/mol. The number of carbonyl (C=O) groups is 1. The molecule has 2 rings (SSSR count). The van der Waals surface area contributed by atoms with Gasteiger partial charge in [0.1, 0.15) is 0 Å². The van der Waals surface area contributed by atoms with Crippen LogP contribution in [0.5, 0.6) is 0 Å². The van der Waals surface area contributed by atoms with Gasteiger partial charge in [-0.25, -0.2) is 0 Å². The van der Waals surface area contributed by atoms with Gasteiger partial charge in [-0.15, -0.1) is 0 Å². The van der Waals surface area contributed by atoms with Crippen molar-refractivity contribution in [2.75, 3.05) is 26.2 Å². The Bertz CT molecular complexity index is 467. The van der Waals surface area contributed by atoms with E-state index in [1.807, 2.05) is 24.8 Å². The van der Waals surface area contributed by atoms with E-state index in [1.54, 1.807) is 0 Å². The van der Waals surface area contributed by atoms with Crippen LogP contribution in [-0.2, 0) is 0 Å². The van der Waals surface area contributed by atoms with Crippen LogP contribution < -0.4 is 5.32 Å². The van der Waals surface area contributed by atoms with Gasteiger partial charge in [-0.05, 0) is 51.8 Å². The SMILES string of the molecule is CCNCC1CCN(C(=O)c2cc(C)nnc2C)CC1. The van der Waals surface area contributed by atoms with Gasteiger partial charge in [0, 0.05) is 13.1 Å². The van der Waals surface area contributed by atoms with E-state index in [-0.39, 0.29) is 5.91 Å². The first-order chi connectivity index (χ1) is 9.61. The molecule has 2 heterocycles. The summed E-state index contributed by atoms with van der Waals surface area (Å²) >= 11 is 0. The maximum Gasteiger partial charge on any atom is 0.255 e. The molecule has 1 N–H and O–H groups in total. The molecular weight excluding hydrogens is 252 g/mol. The molecule has 0 unspecified atom stereocenters. The molecule has 5 nitrogen and oxygen atoms in total. The number of rotatable bonds is 4. The van der Waals surface area contributed by atoms with Crippen LogP contribution in [0.3, 0.4) is 0 Å². The normalized spacial score (nSPS) is 16.4. The minimum absolute atomic E-state index is 0.0994. The second-order valence-corrected chi connectivity index (χ2v) is 5.53. The van der Waals surface area contributed by atoms with E-state index in [2.05, 4.69) is 22.4 Å². The van der Waals surface area contributed by atoms with Gasteiger partial charge in [-0.3, -0.25) is 4.79 Å². The fourth-order valence-corrected chi connectivity index (χ4v) is 2.63. The summed E-state index contributed by atoms with van der Waals surface area (Å²) in [4.78, 5) is 14.5. The highest BCUT2D eigenvalue weighted by atomic mass is 16.2. The third-order valence-electron chi connectivity index (χ3n) is 3.92. The Labute approximate surface area is 120 Å². The number of nitrogens with one attached hydrogen (secondary N) is 1. The molecule has 0 atom stereocenters. The molecule has 0 aromatic carbocycles. The summed E-state index contributed by atoms with van der Waals surface area (Å²) < 4.78 is 0. The van der Waals surface area contributed by atoms with Crippen molar-refractivity contribution < 1.29 is 4.79 Å². The van der Waals surface area contributed by atoms with Crippen LogP contribution >= 0.6 is 0 Å². The summed E-state index contributed by atoms with van der Waals surface area (Å²) in [6, 6.07) is 1.84. The molecule has 1 fully saturated rings. The minimum Gasteiger partial charge on any atom is -0.339 e. The van der Waals surface area contributed by atoms with E-state index in [1.165, 1.54) is 0 Å². The smallest absolute Gasteiger partial charge is 0.255 e. The van der Waals surface area contributed by atoms with E-state index in [0.29, 0.717) is 11.5 Å². The number of piperidine rings is 1. The van der Waals surface area contributed by atoms with Crippen LogP contribution in [0.15, 0.2) is 6.07 Å². The Kier molecular flexibility index (Phi) is 5.06. The first-order valence-electron chi connectivity index (χ1n) is 7.42. The van der Waals surface area contributed by atoms with Gasteiger partial charge in [0.2, 0.25) is 0 Å².